The molecule has 5 rings (SSSR count). The van der Waals surface area contributed by atoms with Crippen LogP contribution in [0.1, 0.15) is 62.3 Å². The molecule has 1 aromatic heterocycles. The van der Waals surface area contributed by atoms with E-state index in [0.29, 0.717) is 13.0 Å². The number of ether oxygens (including phenoxy) is 1. The number of para-hydroxylation sites is 1. The van der Waals surface area contributed by atoms with Gasteiger partial charge in [0.2, 0.25) is 0 Å². The van der Waals surface area contributed by atoms with E-state index in [-0.39, 0.29) is 12.4 Å². The van der Waals surface area contributed by atoms with Crippen molar-refractivity contribution < 1.29 is 13.9 Å². The summed E-state index contributed by atoms with van der Waals surface area (Å²) in [6.07, 6.45) is 12.8. The van der Waals surface area contributed by atoms with E-state index in [0.717, 1.165) is 91.3 Å². The molecule has 1 unspecified atom stereocenters. The Labute approximate surface area is 265 Å². The summed E-state index contributed by atoms with van der Waals surface area (Å²) >= 11 is 4.71. The van der Waals surface area contributed by atoms with Gasteiger partial charge >= 0.3 is 0 Å². The lowest BCUT2D eigenvalue weighted by atomic mass is 9.78. The van der Waals surface area contributed by atoms with Crippen LogP contribution in [0, 0.1) is 7.14 Å². The second-order valence-corrected chi connectivity index (χ2v) is 12.8. The largest absolute Gasteiger partial charge is 0.461 e. The van der Waals surface area contributed by atoms with E-state index in [1.54, 1.807) is 0 Å². The summed E-state index contributed by atoms with van der Waals surface area (Å²) in [6.45, 7) is 6.04. The van der Waals surface area contributed by atoms with Crippen LogP contribution < -0.4 is 0 Å². The van der Waals surface area contributed by atoms with E-state index < -0.39 is 5.60 Å². The quantitative estimate of drug-likeness (QED) is 0.153. The van der Waals surface area contributed by atoms with Crippen LogP contribution in [0.4, 0.5) is 0 Å². The number of unbranched alkanes of at least 4 members (excludes halogenated alkanes) is 1. The molecule has 0 saturated carbocycles. The summed E-state index contributed by atoms with van der Waals surface area (Å²) in [4.78, 5) is 14.8. The van der Waals surface area contributed by atoms with Crippen LogP contribution in [-0.4, -0.2) is 37.4 Å². The van der Waals surface area contributed by atoms with Gasteiger partial charge in [-0.15, -0.1) is 12.4 Å². The molecule has 0 spiro atoms. The topological polar surface area (TPSA) is 42.7 Å². The van der Waals surface area contributed by atoms with Gasteiger partial charge in [0.25, 0.3) is 0 Å². The highest BCUT2D eigenvalue weighted by molar-refractivity contribution is 14.1. The molecule has 0 N–H and O–H groups in total. The predicted octanol–water partition coefficient (Wildman–Crippen LogP) is 8.72. The maximum absolute atomic E-state index is 12.3. The summed E-state index contributed by atoms with van der Waals surface area (Å²) in [5.41, 5.74) is 4.02. The zero-order valence-electron chi connectivity index (χ0n) is 22.4. The molecular weight excluding hydrogens is 736 g/mol. The first-order valence-electron chi connectivity index (χ1n) is 13.7. The number of hydrogen-bond donors (Lipinski definition) is 0. The molecule has 0 amide bonds. The molecule has 7 heteroatoms. The number of allylic oxidation sites excluding steroid dienone is 2. The maximum Gasteiger partial charge on any atom is 0.150 e. The van der Waals surface area contributed by atoms with Crippen molar-refractivity contribution in [1.82, 2.24) is 4.90 Å². The van der Waals surface area contributed by atoms with Crippen LogP contribution in [0.3, 0.4) is 0 Å². The van der Waals surface area contributed by atoms with Gasteiger partial charge < -0.3 is 14.1 Å². The zero-order chi connectivity index (χ0) is 26.5. The minimum atomic E-state index is -0.708. The lowest BCUT2D eigenvalue weighted by molar-refractivity contribution is -0.104. The average Bonchev–Trinajstić information content (AvgIpc) is 3.31. The van der Waals surface area contributed by atoms with E-state index in [2.05, 4.69) is 106 Å². The third-order valence-electron chi connectivity index (χ3n) is 7.68. The van der Waals surface area contributed by atoms with Gasteiger partial charge in [-0.2, -0.15) is 0 Å². The van der Waals surface area contributed by atoms with Crippen molar-refractivity contribution in [3.8, 4) is 0 Å². The number of carbonyl (C=O) groups is 1. The number of fused-ring (bicyclic) bond motifs is 1. The Kier molecular flexibility index (Phi) is 11.1. The Bertz CT molecular complexity index is 1340. The number of hydrogen-bond acceptors (Lipinski definition) is 4. The van der Waals surface area contributed by atoms with Crippen molar-refractivity contribution in [2.24, 2.45) is 0 Å². The third kappa shape index (κ3) is 7.00. The lowest BCUT2D eigenvalue weighted by Gasteiger charge is -2.36. The third-order valence-corrected chi connectivity index (χ3v) is 8.92. The molecule has 2 aromatic carbocycles. The van der Waals surface area contributed by atoms with E-state index in [1.165, 1.54) is 19.3 Å². The number of rotatable bonds is 10. The number of carbonyl (C=O) groups excluding carboxylic acids is 1. The Balaban J connectivity index is 0.00000353. The number of furan rings is 1. The highest BCUT2D eigenvalue weighted by atomic mass is 127. The summed E-state index contributed by atoms with van der Waals surface area (Å²) in [5.74, 6) is 1.00. The fraction of sp³-hybridized carbons (Fsp3) is 0.406. The molecule has 1 fully saturated rings. The molecule has 1 aliphatic carbocycles. The average molecular weight is 772 g/mol. The van der Waals surface area contributed by atoms with Crippen molar-refractivity contribution in [2.45, 2.75) is 57.5 Å². The van der Waals surface area contributed by atoms with Crippen LogP contribution in [0.15, 0.2) is 64.6 Å². The summed E-state index contributed by atoms with van der Waals surface area (Å²) in [7, 11) is 0. The zero-order valence-corrected chi connectivity index (χ0v) is 27.5. The van der Waals surface area contributed by atoms with Gasteiger partial charge in [-0.1, -0.05) is 44.0 Å². The number of nitrogens with zero attached hydrogens (tertiary/aromatic N) is 1. The minimum Gasteiger partial charge on any atom is -0.461 e. The second kappa shape index (κ2) is 14.1. The minimum absolute atomic E-state index is 0. The molecule has 208 valence electrons. The SMILES string of the molecule is CCCCc1oc2ccccc2c1C1(OCCN2CCCCC2)C=C(c2cc(I)cc(I)c2)C(C=O)=CC1.Cl. The first kappa shape index (κ1) is 30.8. The monoisotopic (exact) mass is 771 g/mol. The van der Waals surface area contributed by atoms with Crippen LogP contribution in [0.5, 0.6) is 0 Å². The molecule has 1 atom stereocenters. The first-order valence-corrected chi connectivity index (χ1v) is 15.9. The Morgan fingerprint density at radius 1 is 1.08 bits per heavy atom. The molecule has 39 heavy (non-hydrogen) atoms. The van der Waals surface area contributed by atoms with E-state index in [1.807, 2.05) is 6.07 Å². The van der Waals surface area contributed by atoms with Crippen LogP contribution in [0.25, 0.3) is 16.5 Å². The van der Waals surface area contributed by atoms with Crippen molar-refractivity contribution in [1.29, 1.82) is 0 Å². The molecule has 1 saturated heterocycles. The highest BCUT2D eigenvalue weighted by Gasteiger charge is 2.39. The Morgan fingerprint density at radius 3 is 2.54 bits per heavy atom. The number of benzene rings is 2. The van der Waals surface area contributed by atoms with Crippen molar-refractivity contribution in [3.63, 3.8) is 0 Å². The van der Waals surface area contributed by atoms with Crippen LogP contribution >= 0.6 is 57.6 Å². The van der Waals surface area contributed by atoms with Crippen molar-refractivity contribution >= 4 is 80.4 Å². The normalized spacial score (nSPS) is 19.9. The van der Waals surface area contributed by atoms with Gasteiger partial charge in [-0.3, -0.25) is 4.79 Å². The van der Waals surface area contributed by atoms with Crippen LogP contribution in [0.2, 0.25) is 0 Å². The number of likely N-dealkylation sites (tertiary alicyclic amines) is 1. The summed E-state index contributed by atoms with van der Waals surface area (Å²) in [5, 5.41) is 1.10. The molecule has 2 heterocycles. The molecule has 2 aliphatic rings. The maximum atomic E-state index is 12.3. The number of aldehydes is 1. The first-order chi connectivity index (χ1) is 18.5. The van der Waals surface area contributed by atoms with Crippen molar-refractivity contribution in [3.05, 3.63) is 84.2 Å². The number of halogens is 3. The molecule has 0 radical (unpaired) electrons. The molecular formula is C32H36ClI2NO3. The van der Waals surface area contributed by atoms with Gasteiger partial charge in [0.05, 0.1) is 6.61 Å². The van der Waals surface area contributed by atoms with Crippen molar-refractivity contribution in [2.75, 3.05) is 26.2 Å². The van der Waals surface area contributed by atoms with E-state index in [9.17, 15) is 4.79 Å². The number of aryl methyl sites for hydroxylation is 1. The standard InChI is InChI=1S/C32H35I2NO3.ClH/c1-2-3-10-30-31(27-9-5-6-11-29(27)38-30)32(37-17-16-35-14-7-4-8-15-35)13-12-23(22-36)28(21-32)24-18-25(33)20-26(34)19-24;/h5-6,9,11-12,18-22H,2-4,7-8,10,13-17H2,1H3;1H. The van der Waals surface area contributed by atoms with Gasteiger partial charge in [0.1, 0.15) is 23.2 Å². The molecule has 0 bridgehead atoms. The van der Waals surface area contributed by atoms with Gasteiger partial charge in [0, 0.05) is 43.0 Å². The Hall–Kier alpha value is -1.20. The van der Waals surface area contributed by atoms with E-state index >= 15 is 0 Å². The fourth-order valence-corrected chi connectivity index (χ4v) is 7.72. The van der Waals surface area contributed by atoms with Crippen LogP contribution in [-0.2, 0) is 21.6 Å². The number of piperidine rings is 1. The van der Waals surface area contributed by atoms with E-state index in [4.69, 9.17) is 9.15 Å². The second-order valence-electron chi connectivity index (χ2n) is 10.3. The lowest BCUT2D eigenvalue weighted by Crippen LogP contribution is -2.37. The predicted molar refractivity (Wildman–Crippen MR) is 179 cm³/mol. The van der Waals surface area contributed by atoms with Gasteiger partial charge in [-0.05, 0) is 119 Å². The Morgan fingerprint density at radius 2 is 1.82 bits per heavy atom. The molecule has 4 nitrogen and oxygen atoms in total. The summed E-state index contributed by atoms with van der Waals surface area (Å²) in [6, 6.07) is 14.8. The van der Waals surface area contributed by atoms with Gasteiger partial charge in [0.15, 0.2) is 0 Å². The smallest absolute Gasteiger partial charge is 0.150 e. The molecule has 3 aromatic rings. The summed E-state index contributed by atoms with van der Waals surface area (Å²) < 4.78 is 15.8. The highest BCUT2D eigenvalue weighted by Crippen LogP contribution is 2.46. The van der Waals surface area contributed by atoms with Gasteiger partial charge in [-0.25, -0.2) is 0 Å². The fourth-order valence-electron chi connectivity index (χ4n) is 5.78. The molecule has 1 aliphatic heterocycles.